The number of hydrogen-bond donors (Lipinski definition) is 2. The molecule has 0 heterocycles. The highest BCUT2D eigenvalue weighted by Crippen LogP contribution is 2.10. The molecule has 0 saturated heterocycles. The molecule has 1 aromatic rings. The van der Waals surface area contributed by atoms with Crippen molar-refractivity contribution in [2.45, 2.75) is 20.4 Å². The zero-order valence-corrected chi connectivity index (χ0v) is 14.6. The Kier molecular flexibility index (Phi) is 11.1. The van der Waals surface area contributed by atoms with E-state index in [2.05, 4.69) is 15.6 Å². The predicted octanol–water partition coefficient (Wildman–Crippen LogP) is 2.67. The van der Waals surface area contributed by atoms with Gasteiger partial charge in [0.1, 0.15) is 11.6 Å². The summed E-state index contributed by atoms with van der Waals surface area (Å²) in [4.78, 5) is 4.22. The number of aliphatic imine (C=N–C) groups is 1. The van der Waals surface area contributed by atoms with Crippen LogP contribution in [0.15, 0.2) is 23.2 Å². The second-order valence-electron chi connectivity index (χ2n) is 4.05. The van der Waals surface area contributed by atoms with Gasteiger partial charge in [-0.1, -0.05) is 0 Å². The molecule has 0 atom stereocenters. The SMILES string of the molecule is CCNC(=NCc1cc(F)ccc1F)NCCOCC.I. The summed E-state index contributed by atoms with van der Waals surface area (Å²) in [6.45, 7) is 6.44. The Morgan fingerprint density at radius 1 is 1.24 bits per heavy atom. The Balaban J connectivity index is 0.00000400. The van der Waals surface area contributed by atoms with Gasteiger partial charge in [-0.15, -0.1) is 24.0 Å². The van der Waals surface area contributed by atoms with Crippen LogP contribution in [0.5, 0.6) is 0 Å². The quantitative estimate of drug-likeness (QED) is 0.313. The van der Waals surface area contributed by atoms with Gasteiger partial charge in [0.15, 0.2) is 5.96 Å². The van der Waals surface area contributed by atoms with Crippen LogP contribution in [-0.2, 0) is 11.3 Å². The highest BCUT2D eigenvalue weighted by molar-refractivity contribution is 14.0. The van der Waals surface area contributed by atoms with Crippen LogP contribution < -0.4 is 10.6 Å². The van der Waals surface area contributed by atoms with Gasteiger partial charge < -0.3 is 15.4 Å². The third kappa shape index (κ3) is 8.15. The molecular formula is C14H22F2IN3O. The number of ether oxygens (including phenoxy) is 1. The molecule has 21 heavy (non-hydrogen) atoms. The minimum atomic E-state index is -0.467. The maximum Gasteiger partial charge on any atom is 0.191 e. The Morgan fingerprint density at radius 2 is 2.00 bits per heavy atom. The molecule has 1 aromatic carbocycles. The lowest BCUT2D eigenvalue weighted by molar-refractivity contribution is 0.152. The third-order valence-electron chi connectivity index (χ3n) is 2.50. The number of nitrogens with one attached hydrogen (secondary N) is 2. The van der Waals surface area contributed by atoms with Crippen molar-refractivity contribution in [2.75, 3.05) is 26.3 Å². The van der Waals surface area contributed by atoms with Crippen molar-refractivity contribution in [3.05, 3.63) is 35.4 Å². The zero-order chi connectivity index (χ0) is 14.8. The molecule has 2 N–H and O–H groups in total. The minimum Gasteiger partial charge on any atom is -0.380 e. The molecule has 0 unspecified atom stereocenters. The second-order valence-corrected chi connectivity index (χ2v) is 4.05. The second kappa shape index (κ2) is 11.7. The zero-order valence-electron chi connectivity index (χ0n) is 12.3. The molecule has 120 valence electrons. The van der Waals surface area contributed by atoms with Crippen molar-refractivity contribution in [2.24, 2.45) is 4.99 Å². The molecule has 0 aromatic heterocycles. The van der Waals surface area contributed by atoms with Crippen LogP contribution in [0.1, 0.15) is 19.4 Å². The van der Waals surface area contributed by atoms with Gasteiger partial charge in [0.25, 0.3) is 0 Å². The van der Waals surface area contributed by atoms with E-state index in [0.29, 0.717) is 32.3 Å². The average molecular weight is 413 g/mol. The summed E-state index contributed by atoms with van der Waals surface area (Å²) in [6.07, 6.45) is 0. The molecule has 7 heteroatoms. The van der Waals surface area contributed by atoms with Crippen LogP contribution in [0.2, 0.25) is 0 Å². The molecule has 0 aliphatic carbocycles. The first-order chi connectivity index (χ1) is 9.67. The van der Waals surface area contributed by atoms with Crippen molar-refractivity contribution < 1.29 is 13.5 Å². The van der Waals surface area contributed by atoms with Crippen molar-refractivity contribution >= 4 is 29.9 Å². The van der Waals surface area contributed by atoms with Crippen molar-refractivity contribution in [3.63, 3.8) is 0 Å². The highest BCUT2D eigenvalue weighted by atomic mass is 127. The van der Waals surface area contributed by atoms with Gasteiger partial charge in [-0.3, -0.25) is 0 Å². The van der Waals surface area contributed by atoms with E-state index in [-0.39, 0.29) is 36.1 Å². The largest absolute Gasteiger partial charge is 0.380 e. The maximum absolute atomic E-state index is 13.5. The molecule has 0 radical (unpaired) electrons. The van der Waals surface area contributed by atoms with Crippen LogP contribution in [-0.4, -0.2) is 32.3 Å². The molecule has 0 fully saturated rings. The van der Waals surface area contributed by atoms with E-state index < -0.39 is 11.6 Å². The number of hydrogen-bond acceptors (Lipinski definition) is 2. The lowest BCUT2D eigenvalue weighted by atomic mass is 10.2. The average Bonchev–Trinajstić information content (AvgIpc) is 2.44. The summed E-state index contributed by atoms with van der Waals surface area (Å²) in [6, 6.07) is 3.35. The van der Waals surface area contributed by atoms with Gasteiger partial charge in [0, 0.05) is 25.3 Å². The predicted molar refractivity (Wildman–Crippen MR) is 91.1 cm³/mol. The highest BCUT2D eigenvalue weighted by Gasteiger charge is 2.04. The molecule has 0 amide bonds. The Morgan fingerprint density at radius 3 is 2.67 bits per heavy atom. The van der Waals surface area contributed by atoms with Gasteiger partial charge in [0.05, 0.1) is 13.2 Å². The monoisotopic (exact) mass is 413 g/mol. The number of rotatable bonds is 7. The Labute approximate surface area is 141 Å². The Hall–Kier alpha value is -0.960. The van der Waals surface area contributed by atoms with E-state index in [9.17, 15) is 8.78 Å². The molecule has 0 aliphatic rings. The summed E-state index contributed by atoms with van der Waals surface area (Å²) in [7, 11) is 0. The van der Waals surface area contributed by atoms with Crippen molar-refractivity contribution in [3.8, 4) is 0 Å². The summed E-state index contributed by atoms with van der Waals surface area (Å²) in [5.41, 5.74) is 0.229. The molecule has 1 rings (SSSR count). The number of guanidine groups is 1. The van der Waals surface area contributed by atoms with E-state index in [4.69, 9.17) is 4.74 Å². The first kappa shape index (κ1) is 20.0. The fourth-order valence-corrected chi connectivity index (χ4v) is 1.56. The van der Waals surface area contributed by atoms with Gasteiger partial charge in [-0.2, -0.15) is 0 Å². The topological polar surface area (TPSA) is 45.7 Å². The van der Waals surface area contributed by atoms with Gasteiger partial charge >= 0.3 is 0 Å². The molecule has 0 saturated carbocycles. The maximum atomic E-state index is 13.5. The van der Waals surface area contributed by atoms with Gasteiger partial charge in [0.2, 0.25) is 0 Å². The standard InChI is InChI=1S/C14H21F2N3O.HI/c1-3-17-14(18-7-8-20-4-2)19-10-11-9-12(15)5-6-13(11)16;/h5-6,9H,3-4,7-8,10H2,1-2H3,(H2,17,18,19);1H. The first-order valence-corrected chi connectivity index (χ1v) is 6.71. The molecule has 0 aliphatic heterocycles. The van der Waals surface area contributed by atoms with E-state index in [1.165, 1.54) is 0 Å². The van der Waals surface area contributed by atoms with Crippen LogP contribution >= 0.6 is 24.0 Å². The van der Waals surface area contributed by atoms with E-state index in [0.717, 1.165) is 18.2 Å². The summed E-state index contributed by atoms with van der Waals surface area (Å²) in [5.74, 6) is -0.373. The lowest BCUT2D eigenvalue weighted by Gasteiger charge is -2.11. The first-order valence-electron chi connectivity index (χ1n) is 6.71. The van der Waals surface area contributed by atoms with E-state index >= 15 is 0 Å². The van der Waals surface area contributed by atoms with Crippen molar-refractivity contribution in [1.82, 2.24) is 10.6 Å². The van der Waals surface area contributed by atoms with Crippen LogP contribution in [0.3, 0.4) is 0 Å². The smallest absolute Gasteiger partial charge is 0.191 e. The van der Waals surface area contributed by atoms with E-state index in [1.54, 1.807) is 0 Å². The summed E-state index contributed by atoms with van der Waals surface area (Å²) >= 11 is 0. The summed E-state index contributed by atoms with van der Waals surface area (Å²) < 4.78 is 31.7. The third-order valence-corrected chi connectivity index (χ3v) is 2.50. The van der Waals surface area contributed by atoms with Gasteiger partial charge in [-0.05, 0) is 32.0 Å². The molecule has 0 bridgehead atoms. The van der Waals surface area contributed by atoms with E-state index in [1.807, 2.05) is 13.8 Å². The molecule has 4 nitrogen and oxygen atoms in total. The van der Waals surface area contributed by atoms with Crippen LogP contribution in [0.25, 0.3) is 0 Å². The molecule has 0 spiro atoms. The number of halogens is 3. The minimum absolute atomic E-state index is 0. The van der Waals surface area contributed by atoms with Crippen molar-refractivity contribution in [1.29, 1.82) is 0 Å². The molecular weight excluding hydrogens is 391 g/mol. The Bertz CT molecular complexity index is 444. The lowest BCUT2D eigenvalue weighted by Crippen LogP contribution is -2.39. The fourth-order valence-electron chi connectivity index (χ4n) is 1.56. The fraction of sp³-hybridized carbons (Fsp3) is 0.500. The number of benzene rings is 1. The van der Waals surface area contributed by atoms with Crippen LogP contribution in [0.4, 0.5) is 8.78 Å². The normalized spacial score (nSPS) is 11.0. The van der Waals surface area contributed by atoms with Gasteiger partial charge in [-0.25, -0.2) is 13.8 Å². The summed E-state index contributed by atoms with van der Waals surface area (Å²) in [5, 5.41) is 6.09. The van der Waals surface area contributed by atoms with Crippen LogP contribution in [0, 0.1) is 11.6 Å². The number of nitrogens with zero attached hydrogens (tertiary/aromatic N) is 1.